The van der Waals surface area contributed by atoms with Crippen LogP contribution >= 0.6 is 0 Å². The summed E-state index contributed by atoms with van der Waals surface area (Å²) in [5.74, 6) is 0. The van der Waals surface area contributed by atoms with Gasteiger partial charge in [0.1, 0.15) is 0 Å². The maximum atomic E-state index is 10.9. The molecule has 0 saturated carbocycles. The van der Waals surface area contributed by atoms with Crippen LogP contribution < -0.4 is 5.14 Å². The first-order chi connectivity index (χ1) is 5.41. The van der Waals surface area contributed by atoms with Crippen molar-refractivity contribution in [3.8, 4) is 0 Å². The molecule has 1 rings (SSSR count). The molecule has 1 aliphatic rings. The van der Waals surface area contributed by atoms with Crippen molar-refractivity contribution in [2.24, 2.45) is 5.14 Å². The average Bonchev–Trinajstić information content (AvgIpc) is 2.30. The first-order valence-corrected chi connectivity index (χ1v) is 5.36. The summed E-state index contributed by atoms with van der Waals surface area (Å²) in [6.45, 7) is 1.06. The molecule has 6 heteroatoms. The van der Waals surface area contributed by atoms with Crippen molar-refractivity contribution in [2.75, 3.05) is 27.2 Å². The van der Waals surface area contributed by atoms with Crippen molar-refractivity contribution in [1.82, 2.24) is 9.21 Å². The molecule has 1 atom stereocenters. The molecule has 0 radical (unpaired) electrons. The van der Waals surface area contributed by atoms with Gasteiger partial charge in [0, 0.05) is 19.1 Å². The maximum absolute atomic E-state index is 10.9. The largest absolute Gasteiger partial charge is 0.305 e. The molecule has 1 heterocycles. The van der Waals surface area contributed by atoms with Gasteiger partial charge in [-0.05, 0) is 20.5 Å². The van der Waals surface area contributed by atoms with Gasteiger partial charge in [0.2, 0.25) is 0 Å². The molecule has 0 aromatic heterocycles. The quantitative estimate of drug-likeness (QED) is 0.600. The van der Waals surface area contributed by atoms with E-state index in [4.69, 9.17) is 5.14 Å². The van der Waals surface area contributed by atoms with Crippen molar-refractivity contribution < 1.29 is 8.42 Å². The molecule has 72 valence electrons. The summed E-state index contributed by atoms with van der Waals surface area (Å²) in [5.41, 5.74) is 0. The lowest BCUT2D eigenvalue weighted by Crippen LogP contribution is -2.37. The van der Waals surface area contributed by atoms with E-state index in [0.29, 0.717) is 19.1 Å². The topological polar surface area (TPSA) is 66.6 Å². The Morgan fingerprint density at radius 2 is 2.08 bits per heavy atom. The third-order valence-electron chi connectivity index (χ3n) is 2.22. The summed E-state index contributed by atoms with van der Waals surface area (Å²) in [5, 5.41) is 4.98. The van der Waals surface area contributed by atoms with Crippen molar-refractivity contribution in [3.05, 3.63) is 0 Å². The normalized spacial score (nSPS) is 26.8. The summed E-state index contributed by atoms with van der Waals surface area (Å²) >= 11 is 0. The van der Waals surface area contributed by atoms with E-state index in [9.17, 15) is 8.42 Å². The van der Waals surface area contributed by atoms with Gasteiger partial charge in [-0.3, -0.25) is 0 Å². The molecule has 0 spiro atoms. The van der Waals surface area contributed by atoms with Gasteiger partial charge < -0.3 is 4.90 Å². The second-order valence-corrected chi connectivity index (χ2v) is 4.86. The van der Waals surface area contributed by atoms with Gasteiger partial charge in [-0.25, -0.2) is 5.14 Å². The molecule has 0 amide bonds. The fraction of sp³-hybridized carbons (Fsp3) is 1.00. The molecular formula is C6H15N3O2S. The van der Waals surface area contributed by atoms with Gasteiger partial charge in [-0.1, -0.05) is 0 Å². The van der Waals surface area contributed by atoms with E-state index in [1.165, 1.54) is 4.31 Å². The zero-order valence-corrected chi connectivity index (χ0v) is 8.21. The van der Waals surface area contributed by atoms with E-state index < -0.39 is 10.2 Å². The highest BCUT2D eigenvalue weighted by atomic mass is 32.2. The minimum atomic E-state index is -3.46. The summed E-state index contributed by atoms with van der Waals surface area (Å²) in [7, 11) is 0.421. The minimum Gasteiger partial charge on any atom is -0.305 e. The predicted molar refractivity (Wildman–Crippen MR) is 46.8 cm³/mol. The molecular weight excluding hydrogens is 178 g/mol. The first kappa shape index (κ1) is 9.91. The molecule has 0 aromatic carbocycles. The van der Waals surface area contributed by atoms with Crippen LogP contribution in [0.15, 0.2) is 0 Å². The Morgan fingerprint density at radius 3 is 2.33 bits per heavy atom. The molecule has 0 aromatic rings. The van der Waals surface area contributed by atoms with E-state index in [0.717, 1.165) is 6.42 Å². The van der Waals surface area contributed by atoms with Crippen LogP contribution in [0.4, 0.5) is 0 Å². The highest BCUT2D eigenvalue weighted by Crippen LogP contribution is 2.14. The lowest BCUT2D eigenvalue weighted by Gasteiger charge is -2.18. The van der Waals surface area contributed by atoms with E-state index in [1.807, 2.05) is 19.0 Å². The zero-order chi connectivity index (χ0) is 9.35. The van der Waals surface area contributed by atoms with Crippen molar-refractivity contribution in [1.29, 1.82) is 0 Å². The van der Waals surface area contributed by atoms with E-state index in [1.54, 1.807) is 0 Å². The molecule has 2 N–H and O–H groups in total. The number of rotatable bonds is 2. The van der Waals surface area contributed by atoms with Gasteiger partial charge >= 0.3 is 0 Å². The van der Waals surface area contributed by atoms with Crippen LogP contribution in [-0.4, -0.2) is 50.8 Å². The molecule has 1 saturated heterocycles. The highest BCUT2D eigenvalue weighted by molar-refractivity contribution is 7.86. The number of likely N-dealkylation sites (N-methyl/N-ethyl adjacent to an activating group) is 1. The van der Waals surface area contributed by atoms with Gasteiger partial charge in [-0.15, -0.1) is 0 Å². The SMILES string of the molecule is CN(C)[C@@H]1CCN(S(N)(=O)=O)C1. The second kappa shape index (κ2) is 3.29. The van der Waals surface area contributed by atoms with Crippen LogP contribution in [-0.2, 0) is 10.2 Å². The van der Waals surface area contributed by atoms with Gasteiger partial charge in [-0.2, -0.15) is 12.7 Å². The molecule has 0 aliphatic carbocycles. The molecule has 1 aliphatic heterocycles. The Hall–Kier alpha value is -0.170. The van der Waals surface area contributed by atoms with E-state index in [2.05, 4.69) is 0 Å². The third kappa shape index (κ3) is 2.16. The number of hydrogen-bond acceptors (Lipinski definition) is 3. The van der Waals surface area contributed by atoms with Crippen molar-refractivity contribution >= 4 is 10.2 Å². The Labute approximate surface area is 73.3 Å². The van der Waals surface area contributed by atoms with Gasteiger partial charge in [0.15, 0.2) is 0 Å². The van der Waals surface area contributed by atoms with Crippen LogP contribution in [0.5, 0.6) is 0 Å². The lowest BCUT2D eigenvalue weighted by molar-refractivity contribution is 0.302. The maximum Gasteiger partial charge on any atom is 0.276 e. The number of hydrogen-bond donors (Lipinski definition) is 1. The summed E-state index contributed by atoms with van der Waals surface area (Å²) in [6, 6.07) is 0.309. The Bertz CT molecular complexity index is 250. The molecule has 5 nitrogen and oxygen atoms in total. The number of nitrogens with zero attached hydrogens (tertiary/aromatic N) is 2. The molecule has 0 bridgehead atoms. The van der Waals surface area contributed by atoms with E-state index >= 15 is 0 Å². The second-order valence-electron chi connectivity index (χ2n) is 3.31. The standard InChI is InChI=1S/C6H15N3O2S/c1-8(2)6-3-4-9(5-6)12(7,10)11/h6H,3-5H2,1-2H3,(H2,7,10,11)/t6-/m1/s1. The monoisotopic (exact) mass is 193 g/mol. The Morgan fingerprint density at radius 1 is 1.50 bits per heavy atom. The summed E-state index contributed by atoms with van der Waals surface area (Å²) < 4.78 is 23.1. The van der Waals surface area contributed by atoms with Gasteiger partial charge in [0.25, 0.3) is 10.2 Å². The fourth-order valence-electron chi connectivity index (χ4n) is 1.36. The first-order valence-electron chi connectivity index (χ1n) is 3.85. The highest BCUT2D eigenvalue weighted by Gasteiger charge is 2.29. The van der Waals surface area contributed by atoms with Crippen molar-refractivity contribution in [3.63, 3.8) is 0 Å². The Kier molecular flexibility index (Phi) is 2.72. The van der Waals surface area contributed by atoms with Crippen LogP contribution in [0.3, 0.4) is 0 Å². The smallest absolute Gasteiger partial charge is 0.276 e. The summed E-state index contributed by atoms with van der Waals surface area (Å²) in [4.78, 5) is 2.02. The third-order valence-corrected chi connectivity index (χ3v) is 3.27. The fourth-order valence-corrected chi connectivity index (χ4v) is 2.10. The number of nitrogens with two attached hydrogens (primary N) is 1. The van der Waals surface area contributed by atoms with Crippen LogP contribution in [0.1, 0.15) is 6.42 Å². The minimum absolute atomic E-state index is 0.309. The molecule has 12 heavy (non-hydrogen) atoms. The van der Waals surface area contributed by atoms with Crippen LogP contribution in [0.2, 0.25) is 0 Å². The van der Waals surface area contributed by atoms with Gasteiger partial charge in [0.05, 0.1) is 0 Å². The lowest BCUT2D eigenvalue weighted by atomic mass is 10.2. The molecule has 1 fully saturated rings. The average molecular weight is 193 g/mol. The Balaban J connectivity index is 2.58. The van der Waals surface area contributed by atoms with Crippen LogP contribution in [0.25, 0.3) is 0 Å². The van der Waals surface area contributed by atoms with Crippen molar-refractivity contribution in [2.45, 2.75) is 12.5 Å². The summed E-state index contributed by atoms with van der Waals surface area (Å²) in [6.07, 6.45) is 0.865. The zero-order valence-electron chi connectivity index (χ0n) is 7.40. The molecule has 0 unspecified atom stereocenters. The predicted octanol–water partition coefficient (Wildman–Crippen LogP) is -1.17. The van der Waals surface area contributed by atoms with Crippen LogP contribution in [0, 0.1) is 0 Å². The van der Waals surface area contributed by atoms with E-state index in [-0.39, 0.29) is 0 Å².